The molecule has 0 bridgehead atoms. The molecule has 0 aliphatic carbocycles. The van der Waals surface area contributed by atoms with Gasteiger partial charge in [0.15, 0.2) is 6.10 Å². The van der Waals surface area contributed by atoms with Crippen molar-refractivity contribution in [2.24, 2.45) is 0 Å². The van der Waals surface area contributed by atoms with Gasteiger partial charge in [0, 0.05) is 19.3 Å². The summed E-state index contributed by atoms with van der Waals surface area (Å²) in [6.07, 6.45) is 64.9. The lowest BCUT2D eigenvalue weighted by atomic mass is 10.0. The quantitative estimate of drug-likeness (QED) is 0.0262. The number of ether oxygens (including phenoxy) is 3. The number of esters is 3. The zero-order valence-electron chi connectivity index (χ0n) is 42.3. The van der Waals surface area contributed by atoms with Crippen LogP contribution in [0.3, 0.4) is 0 Å². The van der Waals surface area contributed by atoms with E-state index in [0.717, 1.165) is 89.9 Å². The van der Waals surface area contributed by atoms with Crippen LogP contribution in [0, 0.1) is 0 Å². The Bertz CT molecular complexity index is 1170. The minimum atomic E-state index is -0.785. The average Bonchev–Trinajstić information content (AvgIpc) is 3.29. The van der Waals surface area contributed by atoms with Gasteiger partial charge < -0.3 is 14.2 Å². The Labute approximate surface area is 396 Å². The standard InChI is InChI=1S/C58H102O6/c1-4-7-10-13-16-19-22-25-27-28-29-31-33-36-39-42-45-48-51-57(60)63-54-55(53-62-56(59)50-47-44-41-38-35-32-24-21-18-15-12-9-6-3)64-58(61)52-49-46-43-40-37-34-30-26-23-20-17-14-11-8-5-2/h8,11,14,17,20,23,27-29,31,55H,4-7,9-10,12-13,15-16,18-19,21-22,24-26,30,32-54H2,1-3H3/b11-8-,17-14-,23-20-,28-27-,31-29-. The van der Waals surface area contributed by atoms with Crippen molar-refractivity contribution in [2.75, 3.05) is 13.2 Å². The highest BCUT2D eigenvalue weighted by molar-refractivity contribution is 5.71. The minimum absolute atomic E-state index is 0.0822. The monoisotopic (exact) mass is 895 g/mol. The first-order chi connectivity index (χ1) is 31.5. The molecule has 0 saturated heterocycles. The smallest absolute Gasteiger partial charge is 0.306 e. The molecule has 0 aromatic carbocycles. The lowest BCUT2D eigenvalue weighted by molar-refractivity contribution is -0.167. The fourth-order valence-corrected chi connectivity index (χ4v) is 7.73. The summed E-state index contributed by atoms with van der Waals surface area (Å²) < 4.78 is 16.8. The van der Waals surface area contributed by atoms with Gasteiger partial charge in [-0.2, -0.15) is 0 Å². The first-order valence-electron chi connectivity index (χ1n) is 27.3. The van der Waals surface area contributed by atoms with E-state index in [4.69, 9.17) is 14.2 Å². The molecule has 0 radical (unpaired) electrons. The Kier molecular flexibility index (Phi) is 50.4. The second kappa shape index (κ2) is 52.7. The maximum absolute atomic E-state index is 12.8. The molecular formula is C58H102O6. The fraction of sp³-hybridized carbons (Fsp3) is 0.776. The number of hydrogen-bond acceptors (Lipinski definition) is 6. The van der Waals surface area contributed by atoms with Crippen molar-refractivity contribution in [3.05, 3.63) is 60.8 Å². The fourth-order valence-electron chi connectivity index (χ4n) is 7.73. The van der Waals surface area contributed by atoms with Crippen LogP contribution < -0.4 is 0 Å². The van der Waals surface area contributed by atoms with Crippen LogP contribution in [0.25, 0.3) is 0 Å². The van der Waals surface area contributed by atoms with E-state index in [-0.39, 0.29) is 31.1 Å². The average molecular weight is 895 g/mol. The predicted molar refractivity (Wildman–Crippen MR) is 275 cm³/mol. The van der Waals surface area contributed by atoms with E-state index in [1.807, 2.05) is 0 Å². The van der Waals surface area contributed by atoms with Crippen LogP contribution in [0.5, 0.6) is 0 Å². The van der Waals surface area contributed by atoms with Crippen molar-refractivity contribution in [3.8, 4) is 0 Å². The molecule has 0 aromatic heterocycles. The van der Waals surface area contributed by atoms with Crippen LogP contribution in [0.4, 0.5) is 0 Å². The summed E-state index contributed by atoms with van der Waals surface area (Å²) in [5.74, 6) is -0.902. The molecule has 6 nitrogen and oxygen atoms in total. The summed E-state index contributed by atoms with van der Waals surface area (Å²) in [4.78, 5) is 38.0. The first kappa shape index (κ1) is 61.1. The second-order valence-electron chi connectivity index (χ2n) is 18.2. The molecule has 0 heterocycles. The van der Waals surface area contributed by atoms with Gasteiger partial charge in [0.1, 0.15) is 13.2 Å². The summed E-state index contributed by atoms with van der Waals surface area (Å²) in [6, 6.07) is 0. The van der Waals surface area contributed by atoms with Gasteiger partial charge in [0.2, 0.25) is 0 Å². The van der Waals surface area contributed by atoms with E-state index >= 15 is 0 Å². The van der Waals surface area contributed by atoms with E-state index in [9.17, 15) is 14.4 Å². The van der Waals surface area contributed by atoms with Gasteiger partial charge >= 0.3 is 17.9 Å². The van der Waals surface area contributed by atoms with Crippen LogP contribution in [0.15, 0.2) is 60.8 Å². The highest BCUT2D eigenvalue weighted by atomic mass is 16.6. The third-order valence-electron chi connectivity index (χ3n) is 11.8. The Morgan fingerprint density at radius 1 is 0.328 bits per heavy atom. The minimum Gasteiger partial charge on any atom is -0.462 e. The predicted octanol–water partition coefficient (Wildman–Crippen LogP) is 18.0. The number of allylic oxidation sites excluding steroid dienone is 10. The number of carbonyl (C=O) groups is 3. The van der Waals surface area contributed by atoms with Crippen LogP contribution in [0.2, 0.25) is 0 Å². The van der Waals surface area contributed by atoms with Crippen LogP contribution in [-0.2, 0) is 28.6 Å². The Morgan fingerprint density at radius 3 is 0.953 bits per heavy atom. The van der Waals surface area contributed by atoms with Gasteiger partial charge in [-0.3, -0.25) is 14.4 Å². The largest absolute Gasteiger partial charge is 0.462 e. The molecule has 0 spiro atoms. The Hall–Kier alpha value is -2.89. The molecule has 0 aliphatic rings. The summed E-state index contributed by atoms with van der Waals surface area (Å²) in [5.41, 5.74) is 0. The van der Waals surface area contributed by atoms with Gasteiger partial charge in [-0.15, -0.1) is 0 Å². The molecule has 6 heteroatoms. The summed E-state index contributed by atoms with van der Waals surface area (Å²) in [7, 11) is 0. The zero-order valence-corrected chi connectivity index (χ0v) is 42.3. The van der Waals surface area contributed by atoms with Gasteiger partial charge in [-0.25, -0.2) is 0 Å². The number of hydrogen-bond donors (Lipinski definition) is 0. The van der Waals surface area contributed by atoms with Gasteiger partial charge in [0.25, 0.3) is 0 Å². The molecule has 0 N–H and O–H groups in total. The van der Waals surface area contributed by atoms with E-state index in [0.29, 0.717) is 19.3 Å². The molecular weight excluding hydrogens is 793 g/mol. The van der Waals surface area contributed by atoms with Crippen molar-refractivity contribution < 1.29 is 28.6 Å². The number of rotatable bonds is 49. The van der Waals surface area contributed by atoms with Crippen molar-refractivity contribution in [1.82, 2.24) is 0 Å². The van der Waals surface area contributed by atoms with Gasteiger partial charge in [-0.05, 0) is 64.2 Å². The lowest BCUT2D eigenvalue weighted by Gasteiger charge is -2.18. The third-order valence-corrected chi connectivity index (χ3v) is 11.8. The van der Waals surface area contributed by atoms with Crippen LogP contribution >= 0.6 is 0 Å². The van der Waals surface area contributed by atoms with E-state index in [1.54, 1.807) is 0 Å². The molecule has 0 fully saturated rings. The first-order valence-corrected chi connectivity index (χ1v) is 27.3. The summed E-state index contributed by atoms with van der Waals surface area (Å²) in [6.45, 7) is 6.50. The van der Waals surface area contributed by atoms with Crippen LogP contribution in [0.1, 0.15) is 271 Å². The third kappa shape index (κ3) is 50.1. The van der Waals surface area contributed by atoms with E-state index in [1.165, 1.54) is 141 Å². The normalized spacial score (nSPS) is 12.5. The lowest BCUT2D eigenvalue weighted by Crippen LogP contribution is -2.30. The Morgan fingerprint density at radius 2 is 0.609 bits per heavy atom. The summed E-state index contributed by atoms with van der Waals surface area (Å²) >= 11 is 0. The number of unbranched alkanes of at least 4 members (excludes halogenated alkanes) is 31. The maximum Gasteiger partial charge on any atom is 0.306 e. The SMILES string of the molecule is CC\C=C/C=C\C=C/CCCCCCCCCC(=O)OC(COC(=O)CCCCCCC/C=C\C=C/CCCCCCCCC)COC(=O)CCCCCCCCCCCCCCC. The van der Waals surface area contributed by atoms with Crippen LogP contribution in [-0.4, -0.2) is 37.2 Å². The molecule has 0 saturated carbocycles. The molecule has 0 aromatic rings. The van der Waals surface area contributed by atoms with E-state index < -0.39 is 6.10 Å². The van der Waals surface area contributed by atoms with Gasteiger partial charge in [-0.1, -0.05) is 248 Å². The Balaban J connectivity index is 4.40. The molecule has 0 aliphatic heterocycles. The highest BCUT2D eigenvalue weighted by Gasteiger charge is 2.19. The van der Waals surface area contributed by atoms with Crippen molar-refractivity contribution in [3.63, 3.8) is 0 Å². The topological polar surface area (TPSA) is 78.9 Å². The van der Waals surface area contributed by atoms with E-state index in [2.05, 4.69) is 81.5 Å². The maximum atomic E-state index is 12.8. The van der Waals surface area contributed by atoms with Gasteiger partial charge in [0.05, 0.1) is 0 Å². The molecule has 1 unspecified atom stereocenters. The number of carbonyl (C=O) groups excluding carboxylic acids is 3. The van der Waals surface area contributed by atoms with Crippen molar-refractivity contribution >= 4 is 17.9 Å². The molecule has 0 rings (SSSR count). The molecule has 1 atom stereocenters. The zero-order chi connectivity index (χ0) is 46.5. The second-order valence-corrected chi connectivity index (χ2v) is 18.2. The summed E-state index contributed by atoms with van der Waals surface area (Å²) in [5, 5.41) is 0. The molecule has 370 valence electrons. The molecule has 64 heavy (non-hydrogen) atoms. The highest BCUT2D eigenvalue weighted by Crippen LogP contribution is 2.15. The molecule has 0 amide bonds. The van der Waals surface area contributed by atoms with Crippen molar-refractivity contribution in [2.45, 2.75) is 277 Å². The van der Waals surface area contributed by atoms with Crippen molar-refractivity contribution in [1.29, 1.82) is 0 Å².